The van der Waals surface area contributed by atoms with E-state index in [1.807, 2.05) is 11.7 Å². The molecule has 3 heteroatoms. The van der Waals surface area contributed by atoms with Crippen molar-refractivity contribution in [3.05, 3.63) is 47.3 Å². The molecule has 0 fully saturated rings. The van der Waals surface area contributed by atoms with Crippen molar-refractivity contribution in [3.63, 3.8) is 0 Å². The van der Waals surface area contributed by atoms with Crippen LogP contribution in [0.2, 0.25) is 0 Å². The van der Waals surface area contributed by atoms with E-state index in [9.17, 15) is 0 Å². The first-order valence-electron chi connectivity index (χ1n) is 7.64. The zero-order chi connectivity index (χ0) is 15.6. The molecule has 0 saturated heterocycles. The quantitative estimate of drug-likeness (QED) is 0.899. The first kappa shape index (κ1) is 15.6. The molecule has 0 saturated carbocycles. The van der Waals surface area contributed by atoms with Crippen LogP contribution in [-0.4, -0.2) is 9.78 Å². The summed E-state index contributed by atoms with van der Waals surface area (Å²) in [5, 5.41) is 8.15. The normalized spacial score (nSPS) is 12.0. The third-order valence-electron chi connectivity index (χ3n) is 3.65. The molecule has 0 unspecified atom stereocenters. The van der Waals surface area contributed by atoms with Gasteiger partial charge in [0.15, 0.2) is 0 Å². The van der Waals surface area contributed by atoms with E-state index in [0.717, 1.165) is 12.2 Å². The molecule has 0 radical (unpaired) electrons. The minimum atomic E-state index is 0.0675. The van der Waals surface area contributed by atoms with Gasteiger partial charge in [0.25, 0.3) is 0 Å². The van der Waals surface area contributed by atoms with Crippen LogP contribution in [0.15, 0.2) is 30.5 Å². The van der Waals surface area contributed by atoms with E-state index in [-0.39, 0.29) is 5.41 Å². The van der Waals surface area contributed by atoms with Crippen molar-refractivity contribution in [3.8, 4) is 0 Å². The minimum absolute atomic E-state index is 0.0675. The fraction of sp³-hybridized carbons (Fsp3) is 0.500. The first-order valence-corrected chi connectivity index (χ1v) is 7.64. The lowest BCUT2D eigenvalue weighted by atomic mass is 9.89. The largest absolute Gasteiger partial charge is 0.381 e. The standard InChI is InChI=1S/C18H27N3/c1-13(2)14-8-7-9-16(10-14)19-11-15-12-21(6)20-17(15)18(3,4)5/h7-10,12-13,19H,11H2,1-6H3. The van der Waals surface area contributed by atoms with E-state index >= 15 is 0 Å². The summed E-state index contributed by atoms with van der Waals surface area (Å²) >= 11 is 0. The fourth-order valence-corrected chi connectivity index (χ4v) is 2.50. The van der Waals surface area contributed by atoms with Crippen LogP contribution in [0.1, 0.15) is 57.4 Å². The highest BCUT2D eigenvalue weighted by Crippen LogP contribution is 2.25. The van der Waals surface area contributed by atoms with Crippen LogP contribution in [0, 0.1) is 0 Å². The van der Waals surface area contributed by atoms with Crippen molar-refractivity contribution < 1.29 is 0 Å². The molecule has 1 aromatic carbocycles. The monoisotopic (exact) mass is 285 g/mol. The SMILES string of the molecule is CC(C)c1cccc(NCc2cn(C)nc2C(C)(C)C)c1. The summed E-state index contributed by atoms with van der Waals surface area (Å²) in [5.41, 5.74) is 5.03. The summed E-state index contributed by atoms with van der Waals surface area (Å²) in [5.74, 6) is 0.551. The van der Waals surface area contributed by atoms with Gasteiger partial charge in [0.1, 0.15) is 0 Å². The number of benzene rings is 1. The highest BCUT2D eigenvalue weighted by atomic mass is 15.3. The number of rotatable bonds is 4. The Morgan fingerprint density at radius 2 is 1.95 bits per heavy atom. The Kier molecular flexibility index (Phi) is 4.40. The Morgan fingerprint density at radius 3 is 2.57 bits per heavy atom. The van der Waals surface area contributed by atoms with Gasteiger partial charge in [0.2, 0.25) is 0 Å². The van der Waals surface area contributed by atoms with Gasteiger partial charge in [-0.3, -0.25) is 4.68 Å². The molecule has 0 aliphatic heterocycles. The molecule has 0 atom stereocenters. The molecule has 3 nitrogen and oxygen atoms in total. The van der Waals surface area contributed by atoms with Gasteiger partial charge >= 0.3 is 0 Å². The Morgan fingerprint density at radius 1 is 1.24 bits per heavy atom. The van der Waals surface area contributed by atoms with Crippen molar-refractivity contribution in [1.29, 1.82) is 0 Å². The third-order valence-corrected chi connectivity index (χ3v) is 3.65. The molecule has 0 aliphatic rings. The summed E-state index contributed by atoms with van der Waals surface area (Å²) in [7, 11) is 1.98. The summed E-state index contributed by atoms with van der Waals surface area (Å²) in [4.78, 5) is 0. The van der Waals surface area contributed by atoms with Crippen molar-refractivity contribution in [2.24, 2.45) is 7.05 Å². The van der Waals surface area contributed by atoms with Crippen molar-refractivity contribution in [1.82, 2.24) is 9.78 Å². The maximum absolute atomic E-state index is 4.62. The second-order valence-electron chi connectivity index (χ2n) is 7.06. The van der Waals surface area contributed by atoms with Gasteiger partial charge in [-0.05, 0) is 23.6 Å². The number of hydrogen-bond donors (Lipinski definition) is 1. The minimum Gasteiger partial charge on any atom is -0.381 e. The van der Waals surface area contributed by atoms with Crippen molar-refractivity contribution in [2.45, 2.75) is 52.5 Å². The molecule has 0 amide bonds. The maximum Gasteiger partial charge on any atom is 0.0727 e. The van der Waals surface area contributed by atoms with E-state index in [1.54, 1.807) is 0 Å². The fourth-order valence-electron chi connectivity index (χ4n) is 2.50. The first-order chi connectivity index (χ1) is 9.77. The van der Waals surface area contributed by atoms with Gasteiger partial charge in [-0.2, -0.15) is 5.10 Å². The molecular weight excluding hydrogens is 258 g/mol. The molecule has 114 valence electrons. The summed E-state index contributed by atoms with van der Waals surface area (Å²) in [6.45, 7) is 11.9. The number of aromatic nitrogens is 2. The highest BCUT2D eigenvalue weighted by molar-refractivity contribution is 5.47. The molecule has 1 N–H and O–H groups in total. The number of nitrogens with zero attached hydrogens (tertiary/aromatic N) is 2. The zero-order valence-electron chi connectivity index (χ0n) is 14.1. The van der Waals surface area contributed by atoms with E-state index in [1.165, 1.54) is 16.8 Å². The molecule has 1 aromatic heterocycles. The van der Waals surface area contributed by atoms with Crippen LogP contribution in [-0.2, 0) is 19.0 Å². The van der Waals surface area contributed by atoms with Gasteiger partial charge in [-0.25, -0.2) is 0 Å². The average Bonchev–Trinajstić information content (AvgIpc) is 2.78. The predicted octanol–water partition coefficient (Wildman–Crippen LogP) is 4.45. The number of hydrogen-bond acceptors (Lipinski definition) is 2. The third kappa shape index (κ3) is 3.87. The lowest BCUT2D eigenvalue weighted by Gasteiger charge is -2.18. The lowest BCUT2D eigenvalue weighted by Crippen LogP contribution is -2.16. The topological polar surface area (TPSA) is 29.9 Å². The van der Waals surface area contributed by atoms with Gasteiger partial charge in [-0.1, -0.05) is 46.8 Å². The molecule has 0 spiro atoms. The number of nitrogens with one attached hydrogen (secondary N) is 1. The highest BCUT2D eigenvalue weighted by Gasteiger charge is 2.21. The predicted molar refractivity (Wildman–Crippen MR) is 89.8 cm³/mol. The average molecular weight is 285 g/mol. The number of anilines is 1. The Labute approximate surface area is 128 Å². The summed E-state index contributed by atoms with van der Waals surface area (Å²) < 4.78 is 1.90. The molecule has 1 heterocycles. The van der Waals surface area contributed by atoms with Gasteiger partial charge in [0.05, 0.1) is 5.69 Å². The summed E-state index contributed by atoms with van der Waals surface area (Å²) in [6, 6.07) is 8.66. The van der Waals surface area contributed by atoms with E-state index in [4.69, 9.17) is 0 Å². The second kappa shape index (κ2) is 5.92. The van der Waals surface area contributed by atoms with Crippen LogP contribution in [0.3, 0.4) is 0 Å². The van der Waals surface area contributed by atoms with Crippen LogP contribution in [0.4, 0.5) is 5.69 Å². The van der Waals surface area contributed by atoms with Gasteiger partial charge in [-0.15, -0.1) is 0 Å². The molecular formula is C18H27N3. The molecule has 2 aromatic rings. The van der Waals surface area contributed by atoms with E-state index < -0.39 is 0 Å². The molecule has 2 rings (SSSR count). The van der Waals surface area contributed by atoms with Crippen LogP contribution in [0.25, 0.3) is 0 Å². The summed E-state index contributed by atoms with van der Waals surface area (Å²) in [6.07, 6.45) is 2.11. The molecule has 0 aliphatic carbocycles. The van der Waals surface area contributed by atoms with Gasteiger partial charge < -0.3 is 5.32 Å². The van der Waals surface area contributed by atoms with Gasteiger partial charge in [0, 0.05) is 36.5 Å². The molecule has 0 bridgehead atoms. The van der Waals surface area contributed by atoms with Crippen LogP contribution < -0.4 is 5.32 Å². The second-order valence-corrected chi connectivity index (χ2v) is 7.06. The van der Waals surface area contributed by atoms with Crippen molar-refractivity contribution >= 4 is 5.69 Å². The maximum atomic E-state index is 4.62. The Balaban J connectivity index is 2.15. The van der Waals surface area contributed by atoms with Crippen molar-refractivity contribution in [2.75, 3.05) is 5.32 Å². The van der Waals surface area contributed by atoms with Crippen LogP contribution >= 0.6 is 0 Å². The number of aryl methyl sites for hydroxylation is 1. The van der Waals surface area contributed by atoms with E-state index in [0.29, 0.717) is 5.92 Å². The smallest absolute Gasteiger partial charge is 0.0727 e. The Bertz CT molecular complexity index is 603. The van der Waals surface area contributed by atoms with Crippen LogP contribution in [0.5, 0.6) is 0 Å². The lowest BCUT2D eigenvalue weighted by molar-refractivity contribution is 0.549. The van der Waals surface area contributed by atoms with E-state index in [2.05, 4.69) is 75.5 Å². The molecule has 21 heavy (non-hydrogen) atoms. The zero-order valence-corrected chi connectivity index (χ0v) is 14.1. The Hall–Kier alpha value is -1.77.